The van der Waals surface area contributed by atoms with Crippen LogP contribution in [0.3, 0.4) is 0 Å². The van der Waals surface area contributed by atoms with Gasteiger partial charge in [-0.1, -0.05) is 18.2 Å². The number of piperazine rings is 1. The monoisotopic (exact) mass is 435 g/mol. The van der Waals surface area contributed by atoms with E-state index in [0.29, 0.717) is 36.9 Å². The molecule has 0 N–H and O–H groups in total. The quantitative estimate of drug-likeness (QED) is 0.672. The van der Waals surface area contributed by atoms with Crippen molar-refractivity contribution in [2.75, 3.05) is 31.1 Å². The Hall–Kier alpha value is -2.21. The molecule has 1 aromatic rings. The molecule has 30 heavy (non-hydrogen) atoms. The fourth-order valence-corrected chi connectivity index (χ4v) is 3.77. The zero-order valence-electron chi connectivity index (χ0n) is 19.2. The van der Waals surface area contributed by atoms with Crippen LogP contribution in [0.4, 0.5) is 10.5 Å². The Labute approximate surface area is 185 Å². The molecule has 0 atom stereocenters. The molecule has 1 fully saturated rings. The van der Waals surface area contributed by atoms with E-state index in [0.717, 1.165) is 16.8 Å². The lowest BCUT2D eigenvalue weighted by molar-refractivity contribution is -0.126. The van der Waals surface area contributed by atoms with Crippen LogP contribution in [0.25, 0.3) is 5.70 Å². The van der Waals surface area contributed by atoms with Crippen molar-refractivity contribution in [3.63, 3.8) is 0 Å². The number of benzene rings is 1. The third kappa shape index (κ3) is 5.69. The fraction of sp³-hybridized carbons (Fsp3) is 0.565. The van der Waals surface area contributed by atoms with Crippen LogP contribution >= 0.6 is 11.6 Å². The van der Waals surface area contributed by atoms with Crippen LogP contribution in [0.15, 0.2) is 18.7 Å². The van der Waals surface area contributed by atoms with Crippen LogP contribution in [0.2, 0.25) is 5.02 Å². The highest BCUT2D eigenvalue weighted by molar-refractivity contribution is 6.31. The van der Waals surface area contributed by atoms with Gasteiger partial charge in [0.1, 0.15) is 5.60 Å². The van der Waals surface area contributed by atoms with E-state index in [9.17, 15) is 9.59 Å². The Kier molecular flexibility index (Phi) is 7.45. The number of nitrogens with zero attached hydrogens (tertiary/aromatic N) is 3. The third-order valence-electron chi connectivity index (χ3n) is 5.01. The van der Waals surface area contributed by atoms with Gasteiger partial charge >= 0.3 is 6.09 Å². The first kappa shape index (κ1) is 24.1. The minimum Gasteiger partial charge on any atom is -0.444 e. The molecule has 2 rings (SSSR count). The molecular weight excluding hydrogens is 402 g/mol. The molecule has 7 heteroatoms. The molecule has 6 nitrogen and oxygen atoms in total. The number of hydrogen-bond acceptors (Lipinski definition) is 4. The molecule has 0 aliphatic carbocycles. The van der Waals surface area contributed by atoms with Crippen molar-refractivity contribution in [3.8, 4) is 0 Å². The number of aryl methyl sites for hydroxylation is 1. The average Bonchev–Trinajstić information content (AvgIpc) is 2.61. The first-order valence-corrected chi connectivity index (χ1v) is 10.7. The number of carbonyl (C=O) groups excluding carboxylic acids is 2. The van der Waals surface area contributed by atoms with Crippen LogP contribution in [0.1, 0.15) is 52.7 Å². The Morgan fingerprint density at radius 3 is 2.20 bits per heavy atom. The zero-order valence-corrected chi connectivity index (χ0v) is 20.0. The minimum atomic E-state index is -0.517. The Morgan fingerprint density at radius 2 is 1.73 bits per heavy atom. The molecule has 1 aromatic carbocycles. The summed E-state index contributed by atoms with van der Waals surface area (Å²) in [6.07, 6.45) is -0.295. The van der Waals surface area contributed by atoms with E-state index in [1.807, 2.05) is 53.7 Å². The third-order valence-corrected chi connectivity index (χ3v) is 5.41. The maximum atomic E-state index is 12.4. The predicted molar refractivity (Wildman–Crippen MR) is 123 cm³/mol. The van der Waals surface area contributed by atoms with Gasteiger partial charge in [0.05, 0.1) is 0 Å². The predicted octanol–water partition coefficient (Wildman–Crippen LogP) is 4.93. The minimum absolute atomic E-state index is 0.0113. The smallest absolute Gasteiger partial charge is 0.410 e. The van der Waals surface area contributed by atoms with E-state index in [1.165, 1.54) is 0 Å². The molecule has 1 aliphatic heterocycles. The zero-order chi connectivity index (χ0) is 22.8. The standard InChI is InChI=1S/C23H34ClN3O3/c1-15(2)27(18(5)28)17(4)19-13-16(3)20(24)14-21(19)25-9-11-26(12-10-25)22(29)30-23(6,7)8/h13-15H,4,9-12H2,1-3,5-8H3. The number of anilines is 1. The molecule has 2 amide bonds. The highest BCUT2D eigenvalue weighted by atomic mass is 35.5. The molecule has 0 bridgehead atoms. The first-order chi connectivity index (χ1) is 13.8. The summed E-state index contributed by atoms with van der Waals surface area (Å²) in [4.78, 5) is 30.2. The summed E-state index contributed by atoms with van der Waals surface area (Å²) in [7, 11) is 0. The number of ether oxygens (including phenoxy) is 1. The van der Waals surface area contributed by atoms with Gasteiger partial charge < -0.3 is 19.4 Å². The SMILES string of the molecule is C=C(c1cc(C)c(Cl)cc1N1CCN(C(=O)OC(C)(C)C)CC1)N(C(C)=O)C(C)C. The second-order valence-corrected chi connectivity index (χ2v) is 9.41. The lowest BCUT2D eigenvalue weighted by atomic mass is 10.0. The molecule has 166 valence electrons. The highest BCUT2D eigenvalue weighted by Gasteiger charge is 2.28. The van der Waals surface area contributed by atoms with Crippen molar-refractivity contribution in [1.82, 2.24) is 9.80 Å². The van der Waals surface area contributed by atoms with Crippen LogP contribution < -0.4 is 4.90 Å². The number of amides is 2. The molecular formula is C23H34ClN3O3. The van der Waals surface area contributed by atoms with Crippen LogP contribution in [0, 0.1) is 6.92 Å². The van der Waals surface area contributed by atoms with Gasteiger partial charge in [0.25, 0.3) is 0 Å². The summed E-state index contributed by atoms with van der Waals surface area (Å²) in [5, 5.41) is 0.662. The molecule has 0 unspecified atom stereocenters. The summed E-state index contributed by atoms with van der Waals surface area (Å²) in [6.45, 7) is 19.6. The Morgan fingerprint density at radius 1 is 1.17 bits per heavy atom. The lowest BCUT2D eigenvalue weighted by Gasteiger charge is -2.38. The van der Waals surface area contributed by atoms with Crippen molar-refractivity contribution in [1.29, 1.82) is 0 Å². The van der Waals surface area contributed by atoms with Gasteiger partial charge in [-0.05, 0) is 59.2 Å². The fourth-order valence-electron chi connectivity index (χ4n) is 3.62. The summed E-state index contributed by atoms with van der Waals surface area (Å²) in [5.74, 6) is -0.0525. The lowest BCUT2D eigenvalue weighted by Crippen LogP contribution is -2.50. The number of carbonyl (C=O) groups is 2. The second kappa shape index (κ2) is 9.29. The van der Waals surface area contributed by atoms with E-state index in [1.54, 1.807) is 16.7 Å². The average molecular weight is 436 g/mol. The van der Waals surface area contributed by atoms with Gasteiger partial charge in [0.2, 0.25) is 5.91 Å². The number of halogens is 1. The van der Waals surface area contributed by atoms with Crippen molar-refractivity contribution < 1.29 is 14.3 Å². The molecule has 1 saturated heterocycles. The molecule has 1 heterocycles. The Bertz CT molecular complexity index is 822. The van der Waals surface area contributed by atoms with E-state index in [4.69, 9.17) is 16.3 Å². The van der Waals surface area contributed by atoms with Crippen molar-refractivity contribution in [2.24, 2.45) is 0 Å². The molecule has 1 aliphatic rings. The van der Waals surface area contributed by atoms with Gasteiger partial charge in [-0.15, -0.1) is 0 Å². The van der Waals surface area contributed by atoms with Gasteiger partial charge in [-0.2, -0.15) is 0 Å². The van der Waals surface area contributed by atoms with E-state index in [2.05, 4.69) is 11.5 Å². The molecule has 0 aromatic heterocycles. The molecule has 0 saturated carbocycles. The number of hydrogen-bond donors (Lipinski definition) is 0. The summed E-state index contributed by atoms with van der Waals surface area (Å²) in [5.41, 5.74) is 2.87. The highest BCUT2D eigenvalue weighted by Crippen LogP contribution is 2.35. The van der Waals surface area contributed by atoms with Crippen LogP contribution in [-0.2, 0) is 9.53 Å². The van der Waals surface area contributed by atoms with Gasteiger partial charge in [0.15, 0.2) is 0 Å². The Balaban J connectivity index is 2.28. The number of rotatable bonds is 4. The van der Waals surface area contributed by atoms with Crippen LogP contribution in [-0.4, -0.2) is 59.6 Å². The maximum absolute atomic E-state index is 12.4. The summed E-state index contributed by atoms with van der Waals surface area (Å²) in [6, 6.07) is 3.90. The van der Waals surface area contributed by atoms with Crippen LogP contribution in [0.5, 0.6) is 0 Å². The van der Waals surface area contributed by atoms with Gasteiger partial charge in [-0.3, -0.25) is 4.79 Å². The van der Waals surface area contributed by atoms with Crippen molar-refractivity contribution in [2.45, 2.75) is 60.1 Å². The largest absolute Gasteiger partial charge is 0.444 e. The molecule has 0 spiro atoms. The van der Waals surface area contributed by atoms with E-state index >= 15 is 0 Å². The van der Waals surface area contributed by atoms with Gasteiger partial charge in [0, 0.05) is 61.1 Å². The first-order valence-electron chi connectivity index (χ1n) is 10.3. The van der Waals surface area contributed by atoms with Gasteiger partial charge in [-0.25, -0.2) is 4.79 Å². The van der Waals surface area contributed by atoms with Crippen molar-refractivity contribution >= 4 is 35.0 Å². The summed E-state index contributed by atoms with van der Waals surface area (Å²) >= 11 is 6.44. The molecule has 0 radical (unpaired) electrons. The summed E-state index contributed by atoms with van der Waals surface area (Å²) < 4.78 is 5.49. The van der Waals surface area contributed by atoms with E-state index in [-0.39, 0.29) is 18.0 Å². The second-order valence-electron chi connectivity index (χ2n) is 9.00. The maximum Gasteiger partial charge on any atom is 0.410 e. The van der Waals surface area contributed by atoms with E-state index < -0.39 is 5.60 Å². The van der Waals surface area contributed by atoms with Crippen molar-refractivity contribution in [3.05, 3.63) is 34.9 Å². The normalized spacial score (nSPS) is 14.7. The topological polar surface area (TPSA) is 53.1 Å².